The zero-order valence-electron chi connectivity index (χ0n) is 20.8. The highest BCUT2D eigenvalue weighted by molar-refractivity contribution is 7.82. The Hall–Kier alpha value is -2.97. The van der Waals surface area contributed by atoms with Gasteiger partial charge >= 0.3 is 0 Å². The molecular formula is C27H29ClN4O5S. The van der Waals surface area contributed by atoms with Crippen LogP contribution in [0.15, 0.2) is 41.3 Å². The summed E-state index contributed by atoms with van der Waals surface area (Å²) < 4.78 is 21.8. The van der Waals surface area contributed by atoms with Crippen molar-refractivity contribution in [1.82, 2.24) is 14.1 Å². The molecule has 9 nitrogen and oxygen atoms in total. The lowest BCUT2D eigenvalue weighted by atomic mass is 9.91. The van der Waals surface area contributed by atoms with E-state index in [1.54, 1.807) is 18.2 Å². The molecule has 11 heteroatoms. The molecule has 0 aliphatic carbocycles. The number of aromatic hydroxyl groups is 1. The van der Waals surface area contributed by atoms with Crippen LogP contribution in [-0.4, -0.2) is 74.0 Å². The summed E-state index contributed by atoms with van der Waals surface area (Å²) in [6.07, 6.45) is 3.50. The van der Waals surface area contributed by atoms with E-state index in [-0.39, 0.29) is 58.9 Å². The molecule has 3 aliphatic heterocycles. The van der Waals surface area contributed by atoms with Gasteiger partial charge in [0.2, 0.25) is 11.8 Å². The maximum atomic E-state index is 14.0. The normalized spacial score (nSPS) is 23.5. The molecule has 3 saturated heterocycles. The number of amides is 2. The van der Waals surface area contributed by atoms with Crippen molar-refractivity contribution in [2.75, 3.05) is 32.7 Å². The average Bonchev–Trinajstić information content (AvgIpc) is 3.54. The number of carbonyl (C=O) groups excluding carboxylic acids is 2. The van der Waals surface area contributed by atoms with Crippen molar-refractivity contribution in [2.24, 2.45) is 5.92 Å². The number of hydrogen-bond acceptors (Lipinski definition) is 7. The second-order valence-electron chi connectivity index (χ2n) is 9.91. The van der Waals surface area contributed by atoms with E-state index in [0.29, 0.717) is 30.1 Å². The molecule has 2 aromatic carbocycles. The fourth-order valence-electron chi connectivity index (χ4n) is 5.60. The Labute approximate surface area is 229 Å². The van der Waals surface area contributed by atoms with Crippen LogP contribution in [0.4, 0.5) is 0 Å². The minimum Gasteiger partial charge on any atom is -0.508 e. The molecule has 3 unspecified atom stereocenters. The molecule has 0 bridgehead atoms. The minimum atomic E-state index is -1.68. The molecule has 3 aliphatic rings. The molecule has 2 amide bonds. The number of nitriles is 1. The molecule has 0 spiro atoms. The van der Waals surface area contributed by atoms with Gasteiger partial charge in [0, 0.05) is 55.5 Å². The van der Waals surface area contributed by atoms with Gasteiger partial charge in [-0.25, -0.2) is 8.51 Å². The Morgan fingerprint density at radius 1 is 1.08 bits per heavy atom. The average molecular weight is 557 g/mol. The molecule has 38 heavy (non-hydrogen) atoms. The highest BCUT2D eigenvalue weighted by Crippen LogP contribution is 2.35. The number of imide groups is 1. The van der Waals surface area contributed by atoms with Gasteiger partial charge in [-0.1, -0.05) is 11.6 Å². The van der Waals surface area contributed by atoms with E-state index in [0.717, 1.165) is 32.4 Å². The summed E-state index contributed by atoms with van der Waals surface area (Å²) in [6.45, 7) is 3.27. The summed E-state index contributed by atoms with van der Waals surface area (Å²) >= 11 is 6.05. The largest absolute Gasteiger partial charge is 0.508 e. The Kier molecular flexibility index (Phi) is 8.00. The van der Waals surface area contributed by atoms with Crippen LogP contribution in [0.25, 0.3) is 0 Å². The summed E-state index contributed by atoms with van der Waals surface area (Å²) in [5, 5.41) is 19.7. The predicted molar refractivity (Wildman–Crippen MR) is 141 cm³/mol. The van der Waals surface area contributed by atoms with Crippen LogP contribution in [0.5, 0.6) is 17.2 Å². The molecule has 200 valence electrons. The maximum absolute atomic E-state index is 14.0. The fraction of sp³-hybridized carbons (Fsp3) is 0.444. The molecule has 0 saturated carbocycles. The van der Waals surface area contributed by atoms with E-state index in [1.165, 1.54) is 23.1 Å². The molecule has 2 aromatic rings. The smallest absolute Gasteiger partial charge is 0.229 e. The highest BCUT2D eigenvalue weighted by atomic mass is 35.5. The third-order valence-electron chi connectivity index (χ3n) is 7.42. The van der Waals surface area contributed by atoms with Crippen LogP contribution < -0.4 is 4.74 Å². The van der Waals surface area contributed by atoms with Gasteiger partial charge < -0.3 is 9.84 Å². The minimum absolute atomic E-state index is 0.0507. The number of carbonyl (C=O) groups is 2. The lowest BCUT2D eigenvalue weighted by molar-refractivity contribution is -0.139. The molecule has 1 N–H and O–H groups in total. The number of ether oxygens (including phenoxy) is 1. The Morgan fingerprint density at radius 2 is 1.82 bits per heavy atom. The number of likely N-dealkylation sites (tertiary alicyclic amines) is 2. The monoisotopic (exact) mass is 556 g/mol. The van der Waals surface area contributed by atoms with Crippen LogP contribution in [0.1, 0.15) is 37.7 Å². The SMILES string of the molecule is N#Cc1ccc(Oc2cc(O)cc(Cl)c2)c(S(=O)N2CCC(N3CCCC3)C(CN3C(=O)CCC3=O)C2)c1. The predicted octanol–water partition coefficient (Wildman–Crippen LogP) is 3.67. The molecule has 0 radical (unpaired) electrons. The summed E-state index contributed by atoms with van der Waals surface area (Å²) in [5.41, 5.74) is 0.339. The number of phenols is 1. The van der Waals surface area contributed by atoms with Gasteiger partial charge in [0.25, 0.3) is 0 Å². The summed E-state index contributed by atoms with van der Waals surface area (Å²) in [7, 11) is -1.68. The lowest BCUT2D eigenvalue weighted by Crippen LogP contribution is -2.54. The van der Waals surface area contributed by atoms with Crippen molar-refractivity contribution in [3.05, 3.63) is 47.0 Å². The number of piperidine rings is 1. The van der Waals surface area contributed by atoms with E-state index < -0.39 is 11.0 Å². The Balaban J connectivity index is 1.41. The van der Waals surface area contributed by atoms with Gasteiger partial charge in [-0.3, -0.25) is 19.4 Å². The van der Waals surface area contributed by atoms with Gasteiger partial charge in [-0.15, -0.1) is 0 Å². The topological polar surface area (TPSA) is 114 Å². The second kappa shape index (κ2) is 11.4. The van der Waals surface area contributed by atoms with Crippen molar-refractivity contribution in [3.8, 4) is 23.3 Å². The Bertz CT molecular complexity index is 1270. The summed E-state index contributed by atoms with van der Waals surface area (Å²) in [5.74, 6) is 0.153. The fourth-order valence-corrected chi connectivity index (χ4v) is 7.21. The highest BCUT2D eigenvalue weighted by Gasteiger charge is 2.40. The van der Waals surface area contributed by atoms with Crippen LogP contribution >= 0.6 is 11.6 Å². The van der Waals surface area contributed by atoms with E-state index in [1.807, 2.05) is 4.31 Å². The number of benzene rings is 2. The van der Waals surface area contributed by atoms with Crippen molar-refractivity contribution in [1.29, 1.82) is 5.26 Å². The van der Waals surface area contributed by atoms with Gasteiger partial charge in [-0.05, 0) is 62.7 Å². The first kappa shape index (κ1) is 26.6. The first-order valence-electron chi connectivity index (χ1n) is 12.8. The Morgan fingerprint density at radius 3 is 2.50 bits per heavy atom. The standard InChI is InChI=1S/C27H29ClN4O5S/c28-20-12-21(33)14-22(13-20)37-24-4-3-18(15-29)11-25(24)38(36)31-10-7-23(30-8-1-2-9-30)19(16-31)17-32-26(34)5-6-27(32)35/h3-4,11-14,19,23,33H,1-2,5-10,16-17H2. The zero-order chi connectivity index (χ0) is 26.8. The first-order chi connectivity index (χ1) is 18.3. The lowest BCUT2D eigenvalue weighted by Gasteiger charge is -2.43. The van der Waals surface area contributed by atoms with Crippen molar-refractivity contribution in [3.63, 3.8) is 0 Å². The van der Waals surface area contributed by atoms with Crippen LogP contribution in [0.3, 0.4) is 0 Å². The van der Waals surface area contributed by atoms with E-state index in [4.69, 9.17) is 16.3 Å². The quantitative estimate of drug-likeness (QED) is 0.517. The molecule has 5 rings (SSSR count). The van der Waals surface area contributed by atoms with Gasteiger partial charge in [-0.2, -0.15) is 5.26 Å². The van der Waals surface area contributed by atoms with E-state index in [9.17, 15) is 24.2 Å². The van der Waals surface area contributed by atoms with Gasteiger partial charge in [0.1, 0.15) is 28.2 Å². The molecular weight excluding hydrogens is 528 g/mol. The van der Waals surface area contributed by atoms with Crippen molar-refractivity contribution >= 4 is 34.4 Å². The van der Waals surface area contributed by atoms with Crippen LogP contribution in [0.2, 0.25) is 5.02 Å². The van der Waals surface area contributed by atoms with Crippen LogP contribution in [0, 0.1) is 17.2 Å². The molecule has 3 heterocycles. The van der Waals surface area contributed by atoms with E-state index in [2.05, 4.69) is 11.0 Å². The number of nitrogens with zero attached hydrogens (tertiary/aromatic N) is 4. The first-order valence-corrected chi connectivity index (χ1v) is 14.3. The summed E-state index contributed by atoms with van der Waals surface area (Å²) in [4.78, 5) is 28.9. The zero-order valence-corrected chi connectivity index (χ0v) is 22.4. The van der Waals surface area contributed by atoms with E-state index >= 15 is 0 Å². The van der Waals surface area contributed by atoms with Crippen LogP contribution in [-0.2, 0) is 20.6 Å². The number of phenolic OH excluding ortho intramolecular Hbond substituents is 1. The number of hydrogen-bond donors (Lipinski definition) is 1. The third kappa shape index (κ3) is 5.71. The van der Waals surface area contributed by atoms with Crippen molar-refractivity contribution < 1.29 is 23.6 Å². The third-order valence-corrected chi connectivity index (χ3v) is 9.13. The van der Waals surface area contributed by atoms with Gasteiger partial charge in [0.05, 0.1) is 16.5 Å². The number of halogens is 1. The molecule has 3 atom stereocenters. The molecule has 3 fully saturated rings. The second-order valence-corrected chi connectivity index (χ2v) is 11.8. The van der Waals surface area contributed by atoms with Gasteiger partial charge in [0.15, 0.2) is 0 Å². The maximum Gasteiger partial charge on any atom is 0.229 e. The van der Waals surface area contributed by atoms with Crippen molar-refractivity contribution in [2.45, 2.75) is 43.0 Å². The number of rotatable bonds is 7. The molecule has 0 aromatic heterocycles. The summed E-state index contributed by atoms with van der Waals surface area (Å²) in [6, 6.07) is 11.3.